The zero-order valence-corrected chi connectivity index (χ0v) is 7.48. The van der Waals surface area contributed by atoms with Gasteiger partial charge in [-0.05, 0) is 17.5 Å². The SMILES string of the molecule is Fc1ccc(C(F)(F)F)c2ccccc12. The van der Waals surface area contributed by atoms with E-state index in [1.54, 1.807) is 0 Å². The molecule has 4 heteroatoms. The Morgan fingerprint density at radius 3 is 2.00 bits per heavy atom. The third-order valence-corrected chi connectivity index (χ3v) is 2.18. The lowest BCUT2D eigenvalue weighted by Gasteiger charge is -2.10. The molecule has 78 valence electrons. The monoisotopic (exact) mass is 214 g/mol. The van der Waals surface area contributed by atoms with Gasteiger partial charge in [-0.15, -0.1) is 0 Å². The minimum atomic E-state index is -4.45. The summed E-state index contributed by atoms with van der Waals surface area (Å²) in [7, 11) is 0. The molecule has 0 bridgehead atoms. The first-order valence-electron chi connectivity index (χ1n) is 4.24. The van der Waals surface area contributed by atoms with Gasteiger partial charge in [0.25, 0.3) is 0 Å². The van der Waals surface area contributed by atoms with Crippen molar-refractivity contribution in [2.45, 2.75) is 6.18 Å². The van der Waals surface area contributed by atoms with Crippen LogP contribution in [-0.2, 0) is 6.18 Å². The molecule has 0 amide bonds. The van der Waals surface area contributed by atoms with Crippen LogP contribution in [0.3, 0.4) is 0 Å². The Bertz CT molecular complexity index is 499. The second kappa shape index (κ2) is 3.22. The van der Waals surface area contributed by atoms with Gasteiger partial charge in [0.15, 0.2) is 0 Å². The number of rotatable bonds is 0. The number of hydrogen-bond acceptors (Lipinski definition) is 0. The van der Waals surface area contributed by atoms with Gasteiger partial charge < -0.3 is 0 Å². The Morgan fingerprint density at radius 2 is 1.40 bits per heavy atom. The second-order valence-electron chi connectivity index (χ2n) is 3.14. The van der Waals surface area contributed by atoms with Gasteiger partial charge in [-0.3, -0.25) is 0 Å². The van der Waals surface area contributed by atoms with E-state index in [9.17, 15) is 17.6 Å². The Kier molecular flexibility index (Phi) is 2.14. The van der Waals surface area contributed by atoms with E-state index in [-0.39, 0.29) is 10.8 Å². The Labute approximate surface area is 83.1 Å². The molecule has 0 aliphatic carbocycles. The maximum Gasteiger partial charge on any atom is 0.417 e. The Morgan fingerprint density at radius 1 is 0.800 bits per heavy atom. The largest absolute Gasteiger partial charge is 0.417 e. The molecule has 0 nitrogen and oxygen atoms in total. The smallest absolute Gasteiger partial charge is 0.206 e. The van der Waals surface area contributed by atoms with E-state index < -0.39 is 17.6 Å². The molecule has 15 heavy (non-hydrogen) atoms. The quantitative estimate of drug-likeness (QED) is 0.581. The average Bonchev–Trinajstić information content (AvgIpc) is 2.17. The molecule has 0 radical (unpaired) electrons. The summed E-state index contributed by atoms with van der Waals surface area (Å²) in [6, 6.07) is 7.16. The topological polar surface area (TPSA) is 0 Å². The predicted octanol–water partition coefficient (Wildman–Crippen LogP) is 4.00. The summed E-state index contributed by atoms with van der Waals surface area (Å²) in [6.45, 7) is 0. The molecule has 0 aliphatic heterocycles. The first-order chi connectivity index (χ1) is 7.00. The van der Waals surface area contributed by atoms with Gasteiger partial charge in [0.1, 0.15) is 5.82 Å². The molecule has 0 fully saturated rings. The maximum atomic E-state index is 13.2. The fourth-order valence-corrected chi connectivity index (χ4v) is 1.51. The third-order valence-electron chi connectivity index (χ3n) is 2.18. The van der Waals surface area contributed by atoms with Crippen LogP contribution in [0.4, 0.5) is 17.6 Å². The van der Waals surface area contributed by atoms with Crippen LogP contribution in [0.5, 0.6) is 0 Å². The van der Waals surface area contributed by atoms with Crippen molar-refractivity contribution in [3.63, 3.8) is 0 Å². The van der Waals surface area contributed by atoms with Crippen molar-refractivity contribution in [2.24, 2.45) is 0 Å². The van der Waals surface area contributed by atoms with Gasteiger partial charge >= 0.3 is 6.18 Å². The highest BCUT2D eigenvalue weighted by molar-refractivity contribution is 5.86. The number of hydrogen-bond donors (Lipinski definition) is 0. The van der Waals surface area contributed by atoms with E-state index in [0.29, 0.717) is 0 Å². The number of fused-ring (bicyclic) bond motifs is 1. The highest BCUT2D eigenvalue weighted by Crippen LogP contribution is 2.35. The fourth-order valence-electron chi connectivity index (χ4n) is 1.51. The van der Waals surface area contributed by atoms with E-state index in [4.69, 9.17) is 0 Å². The zero-order chi connectivity index (χ0) is 11.1. The standard InChI is InChI=1S/C11H6F4/c12-10-6-5-9(11(13,14)15)7-3-1-2-4-8(7)10/h1-6H. The van der Waals surface area contributed by atoms with Crippen LogP contribution in [-0.4, -0.2) is 0 Å². The molecule has 0 aliphatic rings. The summed E-state index contributed by atoms with van der Waals surface area (Å²) in [5.41, 5.74) is -0.806. The van der Waals surface area contributed by atoms with Crippen molar-refractivity contribution in [1.29, 1.82) is 0 Å². The van der Waals surface area contributed by atoms with Crippen LogP contribution in [0.2, 0.25) is 0 Å². The predicted molar refractivity (Wildman–Crippen MR) is 48.9 cm³/mol. The molecule has 0 spiro atoms. The van der Waals surface area contributed by atoms with Crippen molar-refractivity contribution in [2.75, 3.05) is 0 Å². The van der Waals surface area contributed by atoms with Crippen molar-refractivity contribution in [1.82, 2.24) is 0 Å². The second-order valence-corrected chi connectivity index (χ2v) is 3.14. The molecule has 2 rings (SSSR count). The summed E-state index contributed by atoms with van der Waals surface area (Å²) in [5, 5.41) is -0.114. The molecule has 0 N–H and O–H groups in total. The van der Waals surface area contributed by atoms with E-state index in [2.05, 4.69) is 0 Å². The van der Waals surface area contributed by atoms with E-state index in [1.807, 2.05) is 0 Å². The lowest BCUT2D eigenvalue weighted by molar-refractivity contribution is -0.136. The van der Waals surface area contributed by atoms with Gasteiger partial charge in [0, 0.05) is 5.39 Å². The van der Waals surface area contributed by atoms with Gasteiger partial charge in [-0.2, -0.15) is 13.2 Å². The minimum absolute atomic E-state index is 0.00711. The van der Waals surface area contributed by atoms with Crippen LogP contribution in [0.1, 0.15) is 5.56 Å². The van der Waals surface area contributed by atoms with Crippen LogP contribution < -0.4 is 0 Å². The molecule has 0 unspecified atom stereocenters. The third kappa shape index (κ3) is 1.67. The zero-order valence-electron chi connectivity index (χ0n) is 7.48. The summed E-state index contributed by atoms with van der Waals surface area (Å²) >= 11 is 0. The molecular weight excluding hydrogens is 208 g/mol. The van der Waals surface area contributed by atoms with Gasteiger partial charge in [0.2, 0.25) is 0 Å². The highest BCUT2D eigenvalue weighted by Gasteiger charge is 2.32. The summed E-state index contributed by atoms with van der Waals surface area (Å²) < 4.78 is 50.8. The van der Waals surface area contributed by atoms with Crippen molar-refractivity contribution in [3.8, 4) is 0 Å². The number of halogens is 4. The number of benzene rings is 2. The first kappa shape index (κ1) is 9.96. The van der Waals surface area contributed by atoms with Gasteiger partial charge in [-0.25, -0.2) is 4.39 Å². The summed E-state index contributed by atoms with van der Waals surface area (Å²) in [6.07, 6.45) is -4.45. The van der Waals surface area contributed by atoms with Crippen molar-refractivity contribution < 1.29 is 17.6 Å². The molecule has 0 aromatic heterocycles. The van der Waals surface area contributed by atoms with Crippen molar-refractivity contribution >= 4 is 10.8 Å². The van der Waals surface area contributed by atoms with Gasteiger partial charge in [-0.1, -0.05) is 24.3 Å². The highest BCUT2D eigenvalue weighted by atomic mass is 19.4. The van der Waals surface area contributed by atoms with Gasteiger partial charge in [0.05, 0.1) is 5.56 Å². The molecule has 0 saturated carbocycles. The molecule has 0 saturated heterocycles. The lowest BCUT2D eigenvalue weighted by Crippen LogP contribution is -2.05. The van der Waals surface area contributed by atoms with Crippen LogP contribution in [0, 0.1) is 5.82 Å². The maximum absolute atomic E-state index is 13.2. The van der Waals surface area contributed by atoms with E-state index >= 15 is 0 Å². The number of alkyl halides is 3. The average molecular weight is 214 g/mol. The summed E-state index contributed by atoms with van der Waals surface area (Å²) in [5.74, 6) is -0.640. The minimum Gasteiger partial charge on any atom is -0.206 e. The molecule has 0 atom stereocenters. The summed E-state index contributed by atoms with van der Waals surface area (Å²) in [4.78, 5) is 0. The van der Waals surface area contributed by atoms with Crippen LogP contribution in [0.15, 0.2) is 36.4 Å². The Balaban J connectivity index is 2.84. The van der Waals surface area contributed by atoms with Crippen LogP contribution >= 0.6 is 0 Å². The Hall–Kier alpha value is -1.58. The van der Waals surface area contributed by atoms with E-state index in [0.717, 1.165) is 12.1 Å². The molecule has 0 heterocycles. The van der Waals surface area contributed by atoms with Crippen molar-refractivity contribution in [3.05, 3.63) is 47.8 Å². The lowest BCUT2D eigenvalue weighted by atomic mass is 10.0. The fraction of sp³-hybridized carbons (Fsp3) is 0.0909. The normalized spacial score (nSPS) is 12.0. The van der Waals surface area contributed by atoms with E-state index in [1.165, 1.54) is 24.3 Å². The first-order valence-corrected chi connectivity index (χ1v) is 4.24. The molecule has 2 aromatic carbocycles. The van der Waals surface area contributed by atoms with Crippen LogP contribution in [0.25, 0.3) is 10.8 Å². The molecular formula is C11H6F4. The molecule has 2 aromatic rings.